The summed E-state index contributed by atoms with van der Waals surface area (Å²) in [6.45, 7) is 8.56. The Morgan fingerprint density at radius 3 is 2.38 bits per heavy atom. The number of rotatable bonds is 14. The van der Waals surface area contributed by atoms with Gasteiger partial charge in [-0.2, -0.15) is 10.2 Å². The number of halogens is 1. The molecule has 200 valence electrons. The van der Waals surface area contributed by atoms with Crippen LogP contribution in [-0.4, -0.2) is 66.9 Å². The van der Waals surface area contributed by atoms with Gasteiger partial charge in [-0.05, 0) is 68.9 Å². The lowest BCUT2D eigenvalue weighted by atomic mass is 10.1. The summed E-state index contributed by atoms with van der Waals surface area (Å²) >= 11 is 6.06. The van der Waals surface area contributed by atoms with Gasteiger partial charge in [-0.15, -0.1) is 0 Å². The van der Waals surface area contributed by atoms with Crippen molar-refractivity contribution >= 4 is 40.6 Å². The number of anilines is 1. The average molecular weight is 532 g/mol. The first-order valence-corrected chi connectivity index (χ1v) is 12.4. The molecule has 2 rings (SSSR count). The number of nitrogens with one attached hydrogen (secondary N) is 2. The third kappa shape index (κ3) is 8.92. The molecule has 2 amide bonds. The summed E-state index contributed by atoms with van der Waals surface area (Å²) in [7, 11) is 1.40. The van der Waals surface area contributed by atoms with E-state index in [1.54, 1.807) is 24.3 Å². The van der Waals surface area contributed by atoms with Crippen molar-refractivity contribution in [1.29, 1.82) is 0 Å². The van der Waals surface area contributed by atoms with Gasteiger partial charge in [0.05, 0.1) is 25.1 Å². The van der Waals surface area contributed by atoms with Gasteiger partial charge in [0, 0.05) is 23.2 Å². The van der Waals surface area contributed by atoms with Gasteiger partial charge in [0.15, 0.2) is 5.78 Å². The first kappa shape index (κ1) is 29.9. The maximum atomic E-state index is 12.8. The Hall–Kier alpha value is -3.34. The van der Waals surface area contributed by atoms with Crippen molar-refractivity contribution in [2.24, 2.45) is 10.2 Å². The van der Waals surface area contributed by atoms with Crippen LogP contribution >= 0.6 is 11.6 Å². The number of hydrogen-bond acceptors (Lipinski definition) is 8. The number of aliphatic hydroxyl groups is 1. The summed E-state index contributed by atoms with van der Waals surface area (Å²) in [5, 5.41) is 23.1. The predicted octanol–water partition coefficient (Wildman–Crippen LogP) is 3.98. The largest absolute Gasteiger partial charge is 0.495 e. The van der Waals surface area contributed by atoms with Crippen LogP contribution in [0.3, 0.4) is 0 Å². The van der Waals surface area contributed by atoms with E-state index in [1.807, 2.05) is 0 Å². The normalized spacial score (nSPS) is 12.0. The summed E-state index contributed by atoms with van der Waals surface area (Å²) in [4.78, 5) is 39.6. The van der Waals surface area contributed by atoms with E-state index in [2.05, 4.69) is 39.6 Å². The van der Waals surface area contributed by atoms with Crippen molar-refractivity contribution in [1.82, 2.24) is 10.2 Å². The molecule has 11 heteroatoms. The molecular weight excluding hydrogens is 498 g/mol. The lowest BCUT2D eigenvalue weighted by molar-refractivity contribution is -0.126. The van der Waals surface area contributed by atoms with Crippen LogP contribution in [0.5, 0.6) is 5.75 Å². The highest BCUT2D eigenvalue weighted by Gasteiger charge is 2.24. The average Bonchev–Trinajstić information content (AvgIpc) is 2.89. The molecule has 0 bridgehead atoms. The fourth-order valence-corrected chi connectivity index (χ4v) is 3.67. The van der Waals surface area contributed by atoms with E-state index < -0.39 is 17.7 Å². The molecule has 0 spiro atoms. The monoisotopic (exact) mass is 531 g/mol. The second-order valence-corrected chi connectivity index (χ2v) is 8.61. The number of carbonyl (C=O) groups is 3. The van der Waals surface area contributed by atoms with E-state index in [0.29, 0.717) is 23.4 Å². The van der Waals surface area contributed by atoms with Gasteiger partial charge in [0.1, 0.15) is 5.75 Å². The van der Waals surface area contributed by atoms with E-state index >= 15 is 0 Å². The highest BCUT2D eigenvalue weighted by molar-refractivity contribution is 6.31. The van der Waals surface area contributed by atoms with E-state index in [1.165, 1.54) is 26.2 Å². The van der Waals surface area contributed by atoms with Gasteiger partial charge < -0.3 is 25.4 Å². The molecule has 0 saturated heterocycles. The first-order valence-electron chi connectivity index (χ1n) is 12.0. The minimum absolute atomic E-state index is 0.191. The topological polar surface area (TPSA) is 133 Å². The number of nitrogens with zero attached hydrogens (tertiary/aromatic N) is 3. The maximum Gasteiger partial charge on any atom is 0.258 e. The smallest absolute Gasteiger partial charge is 0.258 e. The molecule has 0 saturated carbocycles. The molecule has 0 aliphatic carbocycles. The Labute approximate surface area is 222 Å². The van der Waals surface area contributed by atoms with E-state index in [4.69, 9.17) is 16.3 Å². The standard InChI is InChI=1S/C26H34ClN5O5/c1-5-32(6-2)13-7-12-28-25(35)18-8-10-20(11-9-18)30-31-24(17(3)34)26(36)29-22-14-19(16-33)21(27)15-23(22)37-4/h8-11,14-15,24,33H,5-7,12-13,16H2,1-4H3,(H,28,35)(H,29,36)/b31-30-. The molecule has 1 atom stereocenters. The molecule has 0 aromatic heterocycles. The molecular formula is C26H34ClN5O5. The molecule has 37 heavy (non-hydrogen) atoms. The van der Waals surface area contributed by atoms with Gasteiger partial charge in [0.2, 0.25) is 6.04 Å². The minimum Gasteiger partial charge on any atom is -0.495 e. The van der Waals surface area contributed by atoms with Gasteiger partial charge in [-0.25, -0.2) is 0 Å². The zero-order valence-corrected chi connectivity index (χ0v) is 22.3. The summed E-state index contributed by atoms with van der Waals surface area (Å²) in [6, 6.07) is 7.87. The Bertz CT molecular complexity index is 1100. The number of carbonyl (C=O) groups excluding carboxylic acids is 3. The zero-order chi connectivity index (χ0) is 27.4. The van der Waals surface area contributed by atoms with Crippen molar-refractivity contribution in [3.8, 4) is 5.75 Å². The zero-order valence-electron chi connectivity index (χ0n) is 21.6. The molecule has 0 aliphatic rings. The first-order chi connectivity index (χ1) is 17.7. The number of hydrogen-bond donors (Lipinski definition) is 3. The molecule has 2 aromatic carbocycles. The third-order valence-corrected chi connectivity index (χ3v) is 6.03. The number of amides is 2. The van der Waals surface area contributed by atoms with Crippen molar-refractivity contribution in [2.45, 2.75) is 39.8 Å². The molecule has 0 aliphatic heterocycles. The summed E-state index contributed by atoms with van der Waals surface area (Å²) in [6.07, 6.45) is 0.859. The van der Waals surface area contributed by atoms with Crippen LogP contribution in [0.2, 0.25) is 5.02 Å². The van der Waals surface area contributed by atoms with Crippen LogP contribution in [0, 0.1) is 0 Å². The molecule has 1 unspecified atom stereocenters. The fraction of sp³-hybridized carbons (Fsp3) is 0.423. The predicted molar refractivity (Wildman–Crippen MR) is 143 cm³/mol. The third-order valence-electron chi connectivity index (χ3n) is 5.68. The molecule has 0 heterocycles. The van der Waals surface area contributed by atoms with Gasteiger partial charge in [0.25, 0.3) is 11.8 Å². The minimum atomic E-state index is -1.41. The maximum absolute atomic E-state index is 12.8. The lowest BCUT2D eigenvalue weighted by Gasteiger charge is -2.17. The van der Waals surface area contributed by atoms with E-state index in [0.717, 1.165) is 26.1 Å². The van der Waals surface area contributed by atoms with Crippen molar-refractivity contribution in [3.05, 3.63) is 52.5 Å². The molecule has 10 nitrogen and oxygen atoms in total. The lowest BCUT2D eigenvalue weighted by Crippen LogP contribution is -2.32. The fourth-order valence-electron chi connectivity index (χ4n) is 3.46. The number of aliphatic hydroxyl groups excluding tert-OH is 1. The molecule has 2 aromatic rings. The summed E-state index contributed by atoms with van der Waals surface area (Å²) < 4.78 is 5.22. The van der Waals surface area contributed by atoms with Crippen LogP contribution < -0.4 is 15.4 Å². The number of methoxy groups -OCH3 is 1. The van der Waals surface area contributed by atoms with Gasteiger partial charge in [-0.1, -0.05) is 25.4 Å². The summed E-state index contributed by atoms with van der Waals surface area (Å²) in [5.41, 5.74) is 1.46. The Morgan fingerprint density at radius 1 is 1.14 bits per heavy atom. The molecule has 0 radical (unpaired) electrons. The number of Topliss-reactive ketones (excluding diaryl/α,β-unsaturated/α-hetero) is 1. The Balaban J connectivity index is 2.03. The van der Waals surface area contributed by atoms with Gasteiger partial charge >= 0.3 is 0 Å². The van der Waals surface area contributed by atoms with Crippen LogP contribution in [0.4, 0.5) is 11.4 Å². The highest BCUT2D eigenvalue weighted by atomic mass is 35.5. The van der Waals surface area contributed by atoms with Crippen LogP contribution in [0.25, 0.3) is 0 Å². The number of ether oxygens (including phenoxy) is 1. The Morgan fingerprint density at radius 2 is 1.81 bits per heavy atom. The van der Waals surface area contributed by atoms with E-state index in [9.17, 15) is 19.5 Å². The SMILES string of the molecule is CCN(CC)CCCNC(=O)c1ccc(/N=N\C(C(C)=O)C(=O)Nc2cc(CO)c(Cl)cc2OC)cc1. The van der Waals surface area contributed by atoms with Crippen LogP contribution in [0.15, 0.2) is 46.6 Å². The second-order valence-electron chi connectivity index (χ2n) is 8.20. The molecule has 0 fully saturated rings. The van der Waals surface area contributed by atoms with Crippen molar-refractivity contribution in [3.63, 3.8) is 0 Å². The number of benzene rings is 2. The van der Waals surface area contributed by atoms with Crippen LogP contribution in [0.1, 0.15) is 43.1 Å². The van der Waals surface area contributed by atoms with Crippen molar-refractivity contribution in [2.75, 3.05) is 38.6 Å². The second kappa shape index (κ2) is 15.0. The number of ketones is 1. The highest BCUT2D eigenvalue weighted by Crippen LogP contribution is 2.31. The molecule has 3 N–H and O–H groups in total. The van der Waals surface area contributed by atoms with Gasteiger partial charge in [-0.3, -0.25) is 14.4 Å². The van der Waals surface area contributed by atoms with Crippen LogP contribution in [-0.2, 0) is 16.2 Å². The number of azo groups is 1. The van der Waals surface area contributed by atoms with E-state index in [-0.39, 0.29) is 29.0 Å². The van der Waals surface area contributed by atoms with Crippen molar-refractivity contribution < 1.29 is 24.2 Å². The Kier molecular flexibility index (Phi) is 12.1. The summed E-state index contributed by atoms with van der Waals surface area (Å²) in [5.74, 6) is -1.17. The quantitative estimate of drug-likeness (QED) is 0.192.